The summed E-state index contributed by atoms with van der Waals surface area (Å²) in [7, 11) is -3.86. The first-order chi connectivity index (χ1) is 9.42. The molecule has 0 N–H and O–H groups in total. The summed E-state index contributed by atoms with van der Waals surface area (Å²) in [6.45, 7) is 3.57. The Morgan fingerprint density at radius 1 is 1.05 bits per heavy atom. The molecule has 2 aromatic rings. The Kier molecular flexibility index (Phi) is 3.77. The van der Waals surface area contributed by atoms with E-state index >= 15 is 0 Å². The lowest BCUT2D eigenvalue weighted by Gasteiger charge is -2.09. The third kappa shape index (κ3) is 2.98. The number of rotatable bonds is 3. The molecular weight excluding hydrogens is 274 g/mol. The van der Waals surface area contributed by atoms with Crippen molar-refractivity contribution in [2.75, 3.05) is 0 Å². The van der Waals surface area contributed by atoms with E-state index in [0.29, 0.717) is 11.1 Å². The third-order valence-corrected chi connectivity index (χ3v) is 4.06. The van der Waals surface area contributed by atoms with Crippen LogP contribution in [0.15, 0.2) is 47.4 Å². The lowest BCUT2D eigenvalue weighted by Crippen LogP contribution is -2.10. The van der Waals surface area contributed by atoms with Gasteiger partial charge in [-0.25, -0.2) is 0 Å². The van der Waals surface area contributed by atoms with Crippen LogP contribution < -0.4 is 4.18 Å². The highest BCUT2D eigenvalue weighted by Crippen LogP contribution is 2.23. The van der Waals surface area contributed by atoms with Crippen molar-refractivity contribution in [3.8, 4) is 11.8 Å². The normalized spacial score (nSPS) is 10.8. The summed E-state index contributed by atoms with van der Waals surface area (Å²) in [5, 5.41) is 8.78. The standard InChI is InChI=1S/C15H13NO3S/c1-11-3-6-14(7-4-11)20(17,18)19-15-8-5-13(10-16)9-12(15)2/h3-9H,1-2H3. The molecule has 0 saturated carbocycles. The zero-order valence-electron chi connectivity index (χ0n) is 11.1. The largest absolute Gasteiger partial charge is 0.379 e. The summed E-state index contributed by atoms with van der Waals surface area (Å²) < 4.78 is 29.4. The second-order valence-electron chi connectivity index (χ2n) is 4.44. The first-order valence-electron chi connectivity index (χ1n) is 5.94. The molecule has 0 heterocycles. The van der Waals surface area contributed by atoms with Gasteiger partial charge in [0.1, 0.15) is 10.6 Å². The molecule has 0 saturated heterocycles. The zero-order chi connectivity index (χ0) is 14.8. The molecule has 0 aliphatic carbocycles. The third-order valence-electron chi connectivity index (χ3n) is 2.81. The Morgan fingerprint density at radius 3 is 2.25 bits per heavy atom. The lowest BCUT2D eigenvalue weighted by atomic mass is 10.1. The summed E-state index contributed by atoms with van der Waals surface area (Å²) in [5.74, 6) is 0.226. The number of benzene rings is 2. The summed E-state index contributed by atoms with van der Waals surface area (Å²) in [4.78, 5) is 0.104. The molecule has 0 aromatic heterocycles. The molecule has 2 aromatic carbocycles. The molecule has 102 valence electrons. The van der Waals surface area contributed by atoms with Crippen molar-refractivity contribution in [2.45, 2.75) is 18.7 Å². The van der Waals surface area contributed by atoms with Crippen molar-refractivity contribution in [3.05, 3.63) is 59.2 Å². The van der Waals surface area contributed by atoms with Crippen LogP contribution in [0.1, 0.15) is 16.7 Å². The lowest BCUT2D eigenvalue weighted by molar-refractivity contribution is 0.484. The predicted molar refractivity (Wildman–Crippen MR) is 74.9 cm³/mol. The Morgan fingerprint density at radius 2 is 1.70 bits per heavy atom. The van der Waals surface area contributed by atoms with E-state index in [4.69, 9.17) is 9.44 Å². The van der Waals surface area contributed by atoms with Crippen LogP contribution in [0.3, 0.4) is 0 Å². The van der Waals surface area contributed by atoms with Crippen molar-refractivity contribution in [1.82, 2.24) is 0 Å². The van der Waals surface area contributed by atoms with Gasteiger partial charge in [-0.05, 0) is 49.7 Å². The van der Waals surface area contributed by atoms with E-state index in [-0.39, 0.29) is 10.6 Å². The van der Waals surface area contributed by atoms with E-state index < -0.39 is 10.1 Å². The van der Waals surface area contributed by atoms with Crippen LogP contribution >= 0.6 is 0 Å². The van der Waals surface area contributed by atoms with Crippen LogP contribution in [0, 0.1) is 25.2 Å². The number of aryl methyl sites for hydroxylation is 2. The first kappa shape index (κ1) is 14.1. The fourth-order valence-corrected chi connectivity index (χ4v) is 2.67. The summed E-state index contributed by atoms with van der Waals surface area (Å²) in [6.07, 6.45) is 0. The number of nitrogens with zero attached hydrogens (tertiary/aromatic N) is 1. The Bertz CT molecular complexity index is 772. The summed E-state index contributed by atoms with van der Waals surface area (Å²) >= 11 is 0. The molecule has 2 rings (SSSR count). The second-order valence-corrected chi connectivity index (χ2v) is 5.99. The molecule has 20 heavy (non-hydrogen) atoms. The summed E-state index contributed by atoms with van der Waals surface area (Å²) in [5.41, 5.74) is 2.03. The van der Waals surface area contributed by atoms with E-state index in [9.17, 15) is 8.42 Å². The minimum atomic E-state index is -3.86. The molecule has 0 radical (unpaired) electrons. The van der Waals surface area contributed by atoms with Gasteiger partial charge in [-0.1, -0.05) is 17.7 Å². The maximum Gasteiger partial charge on any atom is 0.339 e. The minimum Gasteiger partial charge on any atom is -0.379 e. The van der Waals surface area contributed by atoms with E-state index in [1.54, 1.807) is 25.1 Å². The van der Waals surface area contributed by atoms with Crippen LogP contribution in [-0.2, 0) is 10.1 Å². The molecule has 0 aliphatic rings. The highest BCUT2D eigenvalue weighted by molar-refractivity contribution is 7.87. The van der Waals surface area contributed by atoms with Crippen molar-refractivity contribution < 1.29 is 12.6 Å². The Hall–Kier alpha value is -2.32. The molecule has 0 amide bonds. The zero-order valence-corrected chi connectivity index (χ0v) is 11.9. The van der Waals surface area contributed by atoms with Crippen molar-refractivity contribution >= 4 is 10.1 Å². The van der Waals surface area contributed by atoms with Gasteiger partial charge in [-0.3, -0.25) is 0 Å². The van der Waals surface area contributed by atoms with E-state index in [1.165, 1.54) is 24.3 Å². The number of hydrogen-bond donors (Lipinski definition) is 0. The molecule has 5 heteroatoms. The second kappa shape index (κ2) is 5.35. The average molecular weight is 287 g/mol. The van der Waals surface area contributed by atoms with Gasteiger partial charge in [0.25, 0.3) is 0 Å². The molecule has 0 fully saturated rings. The van der Waals surface area contributed by atoms with Crippen LogP contribution in [0.25, 0.3) is 0 Å². The van der Waals surface area contributed by atoms with E-state index in [2.05, 4.69) is 0 Å². The topological polar surface area (TPSA) is 67.2 Å². The predicted octanol–water partition coefficient (Wildman–Crippen LogP) is 2.94. The smallest absolute Gasteiger partial charge is 0.339 e. The van der Waals surface area contributed by atoms with E-state index in [1.807, 2.05) is 13.0 Å². The monoisotopic (exact) mass is 287 g/mol. The maximum atomic E-state index is 12.1. The van der Waals surface area contributed by atoms with Gasteiger partial charge in [0.15, 0.2) is 0 Å². The average Bonchev–Trinajstić information content (AvgIpc) is 2.41. The van der Waals surface area contributed by atoms with Crippen molar-refractivity contribution in [2.24, 2.45) is 0 Å². The van der Waals surface area contributed by atoms with Crippen molar-refractivity contribution in [3.63, 3.8) is 0 Å². The number of hydrogen-bond acceptors (Lipinski definition) is 4. The number of nitriles is 1. The minimum absolute atomic E-state index is 0.104. The van der Waals surface area contributed by atoms with Gasteiger partial charge in [-0.15, -0.1) is 0 Å². The molecular formula is C15H13NO3S. The Labute approximate surface area is 118 Å². The van der Waals surface area contributed by atoms with Crippen LogP contribution in [0.4, 0.5) is 0 Å². The molecule has 0 aliphatic heterocycles. The summed E-state index contributed by atoms with van der Waals surface area (Å²) in [6, 6.07) is 13.0. The van der Waals surface area contributed by atoms with Crippen molar-refractivity contribution in [1.29, 1.82) is 5.26 Å². The van der Waals surface area contributed by atoms with Gasteiger partial charge in [0.2, 0.25) is 0 Å². The molecule has 4 nitrogen and oxygen atoms in total. The van der Waals surface area contributed by atoms with Gasteiger partial charge >= 0.3 is 10.1 Å². The highest BCUT2D eigenvalue weighted by atomic mass is 32.2. The maximum absolute atomic E-state index is 12.1. The Balaban J connectivity index is 2.34. The van der Waals surface area contributed by atoms with Gasteiger partial charge < -0.3 is 4.18 Å². The fourth-order valence-electron chi connectivity index (χ4n) is 1.68. The fraction of sp³-hybridized carbons (Fsp3) is 0.133. The van der Waals surface area contributed by atoms with Crippen LogP contribution in [0.2, 0.25) is 0 Å². The van der Waals surface area contributed by atoms with Gasteiger partial charge in [0.05, 0.1) is 11.6 Å². The van der Waals surface area contributed by atoms with Crippen LogP contribution in [0.5, 0.6) is 5.75 Å². The van der Waals surface area contributed by atoms with Crippen LogP contribution in [-0.4, -0.2) is 8.42 Å². The molecule has 0 unspecified atom stereocenters. The molecule has 0 bridgehead atoms. The molecule has 0 atom stereocenters. The van der Waals surface area contributed by atoms with E-state index in [0.717, 1.165) is 5.56 Å². The molecule has 0 spiro atoms. The van der Waals surface area contributed by atoms with Gasteiger partial charge in [-0.2, -0.15) is 13.7 Å². The quantitative estimate of drug-likeness (QED) is 0.814. The first-order valence-corrected chi connectivity index (χ1v) is 7.35. The SMILES string of the molecule is Cc1ccc(S(=O)(=O)Oc2ccc(C#N)cc2C)cc1. The highest BCUT2D eigenvalue weighted by Gasteiger charge is 2.17. The van der Waals surface area contributed by atoms with Gasteiger partial charge in [0, 0.05) is 0 Å².